The first-order valence-corrected chi connectivity index (χ1v) is 5.77. The molecule has 0 aliphatic carbocycles. The SMILES string of the molecule is C1=CN=CO\C=C/C=C\C=C/C=C\CO/C=C\C=N1. The van der Waals surface area contributed by atoms with Gasteiger partial charge in [-0.25, -0.2) is 4.99 Å². The molecule has 1 heterocycles. The highest BCUT2D eigenvalue weighted by Crippen LogP contribution is 1.85. The van der Waals surface area contributed by atoms with Crippen LogP contribution in [0.5, 0.6) is 0 Å². The summed E-state index contributed by atoms with van der Waals surface area (Å²) >= 11 is 0. The maximum absolute atomic E-state index is 5.20. The van der Waals surface area contributed by atoms with Gasteiger partial charge in [0.25, 0.3) is 0 Å². The summed E-state index contributed by atoms with van der Waals surface area (Å²) < 4.78 is 10.2. The van der Waals surface area contributed by atoms with Gasteiger partial charge in [-0.05, 0) is 18.2 Å². The minimum absolute atomic E-state index is 0.520. The van der Waals surface area contributed by atoms with Crippen molar-refractivity contribution in [3.05, 3.63) is 73.5 Å². The van der Waals surface area contributed by atoms with Crippen molar-refractivity contribution in [3.63, 3.8) is 0 Å². The second-order valence-electron chi connectivity index (χ2n) is 3.18. The lowest BCUT2D eigenvalue weighted by Crippen LogP contribution is -1.79. The third kappa shape index (κ3) is 10.3. The Morgan fingerprint density at radius 2 is 1.53 bits per heavy atom. The predicted molar refractivity (Wildman–Crippen MR) is 78.9 cm³/mol. The van der Waals surface area contributed by atoms with E-state index in [4.69, 9.17) is 9.47 Å². The molecule has 0 saturated carbocycles. The molecule has 0 atom stereocenters. The van der Waals surface area contributed by atoms with Crippen molar-refractivity contribution in [1.82, 2.24) is 0 Å². The van der Waals surface area contributed by atoms with Gasteiger partial charge in [-0.3, -0.25) is 4.99 Å². The largest absolute Gasteiger partial charge is 0.497 e. The number of hydrogen-bond donors (Lipinski definition) is 0. The van der Waals surface area contributed by atoms with Crippen LogP contribution in [0, 0.1) is 0 Å². The molecule has 0 aromatic rings. The summed E-state index contributed by atoms with van der Waals surface area (Å²) in [4.78, 5) is 7.80. The Bertz CT molecular complexity index is 411. The molecular formula is C15H16N2O2. The van der Waals surface area contributed by atoms with Crippen LogP contribution in [0.2, 0.25) is 0 Å². The lowest BCUT2D eigenvalue weighted by Gasteiger charge is -1.90. The number of hydrogen-bond acceptors (Lipinski definition) is 4. The average molecular weight is 256 g/mol. The zero-order chi connectivity index (χ0) is 13.4. The number of ether oxygens (including phenoxy) is 2. The molecule has 0 aromatic carbocycles. The van der Waals surface area contributed by atoms with Crippen LogP contribution in [0.15, 0.2) is 83.5 Å². The molecule has 1 rings (SSSR count). The van der Waals surface area contributed by atoms with Crippen LogP contribution in [0.4, 0.5) is 0 Å². The van der Waals surface area contributed by atoms with Crippen molar-refractivity contribution in [1.29, 1.82) is 0 Å². The van der Waals surface area contributed by atoms with Crippen LogP contribution in [0.25, 0.3) is 0 Å². The van der Waals surface area contributed by atoms with Crippen LogP contribution in [-0.4, -0.2) is 19.2 Å². The Balaban J connectivity index is 2.54. The quantitative estimate of drug-likeness (QED) is 0.667. The summed E-state index contributed by atoms with van der Waals surface area (Å²) in [5.41, 5.74) is 0. The Morgan fingerprint density at radius 1 is 0.737 bits per heavy atom. The highest BCUT2D eigenvalue weighted by molar-refractivity contribution is 5.71. The van der Waals surface area contributed by atoms with E-state index >= 15 is 0 Å². The monoisotopic (exact) mass is 256 g/mol. The van der Waals surface area contributed by atoms with Crippen molar-refractivity contribution in [3.8, 4) is 0 Å². The molecule has 0 saturated heterocycles. The molecule has 0 radical (unpaired) electrons. The molecule has 98 valence electrons. The van der Waals surface area contributed by atoms with Crippen LogP contribution in [0.3, 0.4) is 0 Å². The molecule has 0 N–H and O–H groups in total. The summed E-state index contributed by atoms with van der Waals surface area (Å²) in [7, 11) is 0. The van der Waals surface area contributed by atoms with Crippen molar-refractivity contribution in [2.24, 2.45) is 9.98 Å². The molecule has 0 aromatic heterocycles. The summed E-state index contributed by atoms with van der Waals surface area (Å²) in [6.07, 6.45) is 24.0. The van der Waals surface area contributed by atoms with Gasteiger partial charge in [0.05, 0.1) is 12.5 Å². The van der Waals surface area contributed by atoms with Gasteiger partial charge < -0.3 is 9.47 Å². The van der Waals surface area contributed by atoms with Crippen LogP contribution < -0.4 is 0 Å². The minimum Gasteiger partial charge on any atom is -0.497 e. The zero-order valence-corrected chi connectivity index (χ0v) is 10.5. The summed E-state index contributed by atoms with van der Waals surface area (Å²) in [5, 5.41) is 0. The first kappa shape index (κ1) is 14.4. The van der Waals surface area contributed by atoms with Crippen molar-refractivity contribution < 1.29 is 9.47 Å². The van der Waals surface area contributed by atoms with Crippen LogP contribution >= 0.6 is 0 Å². The lowest BCUT2D eigenvalue weighted by molar-refractivity contribution is 0.290. The van der Waals surface area contributed by atoms with E-state index in [2.05, 4.69) is 9.98 Å². The standard InChI is InChI=1S/C15H16N2O2/c1-2-4-6-12-18-14-8-9-16-10-11-17-15-19-13-7-5-3-1/h1-11,13-15H,12H2/b2-1-,5-3-,6-4-,11-10?,13-7-,14-8-,16-9?,17-15?. The predicted octanol–water partition coefficient (Wildman–Crippen LogP) is 3.30. The van der Waals surface area contributed by atoms with E-state index in [0.29, 0.717) is 6.61 Å². The normalized spacial score (nSPS) is 24.8. The molecule has 19 heavy (non-hydrogen) atoms. The molecule has 0 amide bonds. The van der Waals surface area contributed by atoms with E-state index in [1.54, 1.807) is 30.8 Å². The Kier molecular flexibility index (Phi) is 9.01. The molecular weight excluding hydrogens is 240 g/mol. The van der Waals surface area contributed by atoms with Crippen molar-refractivity contribution in [2.75, 3.05) is 6.61 Å². The average Bonchev–Trinajstić information content (AvgIpc) is 2.43. The fraction of sp³-hybridized carbons (Fsp3) is 0.0667. The van der Waals surface area contributed by atoms with Gasteiger partial charge in [0, 0.05) is 18.6 Å². The highest BCUT2D eigenvalue weighted by Gasteiger charge is 1.72. The Labute approximate surface area is 113 Å². The third-order valence-corrected chi connectivity index (χ3v) is 1.75. The van der Waals surface area contributed by atoms with Gasteiger partial charge in [-0.1, -0.05) is 30.4 Å². The number of rotatable bonds is 0. The zero-order valence-electron chi connectivity index (χ0n) is 10.5. The highest BCUT2D eigenvalue weighted by atomic mass is 16.5. The van der Waals surface area contributed by atoms with Crippen molar-refractivity contribution in [2.45, 2.75) is 0 Å². The van der Waals surface area contributed by atoms with Gasteiger partial charge in [0.1, 0.15) is 6.61 Å². The molecule has 4 heteroatoms. The fourth-order valence-corrected chi connectivity index (χ4v) is 0.965. The smallest absolute Gasteiger partial charge is 0.180 e. The van der Waals surface area contributed by atoms with Gasteiger partial charge in [0.15, 0.2) is 6.40 Å². The topological polar surface area (TPSA) is 43.2 Å². The van der Waals surface area contributed by atoms with Crippen LogP contribution in [0.1, 0.15) is 0 Å². The van der Waals surface area contributed by atoms with Crippen molar-refractivity contribution >= 4 is 12.6 Å². The van der Waals surface area contributed by atoms with Gasteiger partial charge in [-0.15, -0.1) is 0 Å². The Hall–Kier alpha value is -2.62. The first-order valence-electron chi connectivity index (χ1n) is 5.77. The Morgan fingerprint density at radius 3 is 2.47 bits per heavy atom. The molecule has 1 aliphatic heterocycles. The van der Waals surface area contributed by atoms with E-state index < -0.39 is 0 Å². The summed E-state index contributed by atoms with van der Waals surface area (Å²) in [6, 6.07) is 0. The van der Waals surface area contributed by atoms with Gasteiger partial charge in [0.2, 0.25) is 0 Å². The molecule has 4 nitrogen and oxygen atoms in total. The summed E-state index contributed by atoms with van der Waals surface area (Å²) in [6.45, 7) is 0.520. The van der Waals surface area contributed by atoms with Gasteiger partial charge in [-0.2, -0.15) is 0 Å². The van der Waals surface area contributed by atoms with E-state index in [0.717, 1.165) is 0 Å². The molecule has 1 aliphatic rings. The molecule has 0 spiro atoms. The minimum atomic E-state index is 0.520. The maximum atomic E-state index is 5.20. The molecule has 0 fully saturated rings. The van der Waals surface area contributed by atoms with Gasteiger partial charge >= 0.3 is 0 Å². The van der Waals surface area contributed by atoms with E-state index in [1.165, 1.54) is 18.9 Å². The summed E-state index contributed by atoms with van der Waals surface area (Å²) in [5.74, 6) is 0. The number of nitrogens with zero attached hydrogens (tertiary/aromatic N) is 2. The number of allylic oxidation sites excluding steroid dienone is 7. The molecule has 0 bridgehead atoms. The lowest BCUT2D eigenvalue weighted by atomic mass is 10.4. The maximum Gasteiger partial charge on any atom is 0.180 e. The van der Waals surface area contributed by atoms with Crippen LogP contribution in [-0.2, 0) is 9.47 Å². The second-order valence-corrected chi connectivity index (χ2v) is 3.18. The number of aliphatic imine (C=N–C) groups is 2. The fourth-order valence-electron chi connectivity index (χ4n) is 0.965. The van der Waals surface area contributed by atoms with E-state index in [9.17, 15) is 0 Å². The van der Waals surface area contributed by atoms with E-state index in [1.807, 2.05) is 36.5 Å². The molecule has 0 unspecified atom stereocenters. The second kappa shape index (κ2) is 11.9. The first-order chi connectivity index (χ1) is 9.50. The third-order valence-electron chi connectivity index (χ3n) is 1.75. The van der Waals surface area contributed by atoms with E-state index in [-0.39, 0.29) is 0 Å².